The predicted molar refractivity (Wildman–Crippen MR) is 66.6 cm³/mol. The summed E-state index contributed by atoms with van der Waals surface area (Å²) in [6.07, 6.45) is -5.41. The topological polar surface area (TPSA) is 182 Å². The first kappa shape index (κ1) is 20.2. The third-order valence-corrected chi connectivity index (χ3v) is 2.16. The van der Waals surface area contributed by atoms with Gasteiger partial charge in [0, 0.05) is 0 Å². The lowest BCUT2D eigenvalue weighted by Crippen LogP contribution is -2.29. The van der Waals surface area contributed by atoms with Gasteiger partial charge in [0.05, 0.1) is 32.1 Å². The van der Waals surface area contributed by atoms with Gasteiger partial charge in [-0.15, -0.1) is 0 Å². The molecule has 0 aliphatic heterocycles. The fraction of sp³-hybridized carbons (Fsp3) is 0.500. The van der Waals surface area contributed by atoms with Gasteiger partial charge in [0.1, 0.15) is 0 Å². The van der Waals surface area contributed by atoms with Gasteiger partial charge in [0.25, 0.3) is 0 Å². The van der Waals surface area contributed by atoms with Crippen molar-refractivity contribution in [1.82, 2.24) is 0 Å². The summed E-state index contributed by atoms with van der Waals surface area (Å²) in [6, 6.07) is 0. The molecule has 0 aromatic rings. The van der Waals surface area contributed by atoms with Crippen LogP contribution in [0.15, 0.2) is 0 Å². The van der Waals surface area contributed by atoms with Crippen molar-refractivity contribution in [3.63, 3.8) is 0 Å². The average molecular weight is 334 g/mol. The number of carbonyl (C=O) groups is 6. The zero-order valence-corrected chi connectivity index (χ0v) is 11.7. The second-order valence-corrected chi connectivity index (χ2v) is 4.15. The lowest BCUT2D eigenvalue weighted by atomic mass is 10.2. The minimum atomic E-state index is -2.09. The number of carboxylic acid groups (broad SMARTS) is 2. The molecule has 1 unspecified atom stereocenters. The number of hydrogen-bond acceptors (Lipinski definition) is 9. The number of aliphatic hydroxyl groups is 1. The zero-order chi connectivity index (χ0) is 18.0. The fourth-order valence-electron chi connectivity index (χ4n) is 1.11. The molecule has 0 aliphatic carbocycles. The minimum absolute atomic E-state index is 0.561. The van der Waals surface area contributed by atoms with Crippen molar-refractivity contribution in [2.24, 2.45) is 0 Å². The standard InChI is InChI=1S/C12H14O11/c13-6(12(21)23-10(19)4-2-8(16)17)5-11(20)22-9(18)3-1-7(14)15/h6,13H,1-5H2,(H,14,15)(H,16,17). The van der Waals surface area contributed by atoms with E-state index in [4.69, 9.17) is 10.2 Å². The highest BCUT2D eigenvalue weighted by Gasteiger charge is 2.25. The van der Waals surface area contributed by atoms with Crippen molar-refractivity contribution in [3.8, 4) is 0 Å². The van der Waals surface area contributed by atoms with Crippen LogP contribution in [0.1, 0.15) is 32.1 Å². The number of esters is 4. The summed E-state index contributed by atoms with van der Waals surface area (Å²) in [5, 5.41) is 25.9. The maximum absolute atomic E-state index is 11.2. The Morgan fingerprint density at radius 2 is 1.13 bits per heavy atom. The van der Waals surface area contributed by atoms with Crippen LogP contribution in [0.3, 0.4) is 0 Å². The van der Waals surface area contributed by atoms with Crippen molar-refractivity contribution in [2.45, 2.75) is 38.2 Å². The van der Waals surface area contributed by atoms with E-state index in [-0.39, 0.29) is 0 Å². The first-order valence-electron chi connectivity index (χ1n) is 6.21. The number of rotatable bonds is 9. The summed E-state index contributed by atoms with van der Waals surface area (Å²) in [4.78, 5) is 64.9. The normalized spacial score (nSPS) is 11.2. The third kappa shape index (κ3) is 10.5. The van der Waals surface area contributed by atoms with Crippen LogP contribution in [0.2, 0.25) is 0 Å². The van der Waals surface area contributed by atoms with Crippen LogP contribution in [0.25, 0.3) is 0 Å². The molecule has 0 heterocycles. The number of carboxylic acids is 2. The fourth-order valence-corrected chi connectivity index (χ4v) is 1.11. The summed E-state index contributed by atoms with van der Waals surface area (Å²) in [5.41, 5.74) is 0. The van der Waals surface area contributed by atoms with Gasteiger partial charge in [-0.25, -0.2) is 4.79 Å². The van der Waals surface area contributed by atoms with Crippen LogP contribution >= 0.6 is 0 Å². The number of ether oxygens (including phenoxy) is 2. The summed E-state index contributed by atoms with van der Waals surface area (Å²) in [6.45, 7) is 0. The molecule has 128 valence electrons. The van der Waals surface area contributed by atoms with E-state index in [0.29, 0.717) is 0 Å². The third-order valence-electron chi connectivity index (χ3n) is 2.16. The van der Waals surface area contributed by atoms with Gasteiger partial charge in [0.15, 0.2) is 6.10 Å². The lowest BCUT2D eigenvalue weighted by Gasteiger charge is -2.08. The predicted octanol–water partition coefficient (Wildman–Crippen LogP) is -1.39. The Kier molecular flexibility index (Phi) is 8.77. The van der Waals surface area contributed by atoms with Crippen molar-refractivity contribution in [2.75, 3.05) is 0 Å². The molecule has 0 saturated carbocycles. The Balaban J connectivity index is 4.17. The van der Waals surface area contributed by atoms with E-state index in [1.165, 1.54) is 0 Å². The monoisotopic (exact) mass is 334 g/mol. The van der Waals surface area contributed by atoms with Crippen molar-refractivity contribution in [1.29, 1.82) is 0 Å². The Morgan fingerprint density at radius 3 is 1.57 bits per heavy atom. The molecular formula is C12H14O11. The van der Waals surface area contributed by atoms with Gasteiger partial charge in [-0.2, -0.15) is 0 Å². The lowest BCUT2D eigenvalue weighted by molar-refractivity contribution is -0.171. The summed E-state index contributed by atoms with van der Waals surface area (Å²) in [7, 11) is 0. The summed E-state index contributed by atoms with van der Waals surface area (Å²) < 4.78 is 8.22. The van der Waals surface area contributed by atoms with Crippen molar-refractivity contribution in [3.05, 3.63) is 0 Å². The van der Waals surface area contributed by atoms with Gasteiger partial charge >= 0.3 is 35.8 Å². The van der Waals surface area contributed by atoms with Gasteiger partial charge in [-0.05, 0) is 0 Å². The SMILES string of the molecule is O=C(O)CCC(=O)OC(=O)CC(O)C(=O)OC(=O)CCC(=O)O. The van der Waals surface area contributed by atoms with E-state index >= 15 is 0 Å². The van der Waals surface area contributed by atoms with E-state index < -0.39 is 74.0 Å². The molecule has 0 rings (SSSR count). The molecule has 0 bridgehead atoms. The van der Waals surface area contributed by atoms with Crippen LogP contribution in [0, 0.1) is 0 Å². The quantitative estimate of drug-likeness (QED) is 0.333. The molecule has 11 heteroatoms. The van der Waals surface area contributed by atoms with Crippen LogP contribution in [0.4, 0.5) is 0 Å². The molecule has 11 nitrogen and oxygen atoms in total. The molecule has 3 N–H and O–H groups in total. The van der Waals surface area contributed by atoms with Crippen LogP contribution in [-0.2, 0) is 38.2 Å². The molecule has 23 heavy (non-hydrogen) atoms. The van der Waals surface area contributed by atoms with E-state index in [1.807, 2.05) is 0 Å². The van der Waals surface area contributed by atoms with Crippen LogP contribution in [0.5, 0.6) is 0 Å². The average Bonchev–Trinajstić information content (AvgIpc) is 2.42. The van der Waals surface area contributed by atoms with E-state index in [2.05, 4.69) is 9.47 Å². The highest BCUT2D eigenvalue weighted by Crippen LogP contribution is 2.02. The highest BCUT2D eigenvalue weighted by molar-refractivity contribution is 5.93. The molecule has 0 amide bonds. The molecule has 0 aliphatic rings. The Morgan fingerprint density at radius 1 is 0.696 bits per heavy atom. The molecule has 0 spiro atoms. The van der Waals surface area contributed by atoms with Gasteiger partial charge in [-0.3, -0.25) is 24.0 Å². The van der Waals surface area contributed by atoms with E-state index in [1.54, 1.807) is 0 Å². The highest BCUT2D eigenvalue weighted by atomic mass is 16.6. The van der Waals surface area contributed by atoms with Crippen LogP contribution in [-0.4, -0.2) is 57.2 Å². The van der Waals surface area contributed by atoms with Crippen LogP contribution < -0.4 is 0 Å². The van der Waals surface area contributed by atoms with Crippen molar-refractivity contribution >= 4 is 35.8 Å². The molecule has 0 aromatic carbocycles. The molecule has 0 aromatic heterocycles. The van der Waals surface area contributed by atoms with Crippen molar-refractivity contribution < 1.29 is 53.6 Å². The molecule has 0 fully saturated rings. The molecular weight excluding hydrogens is 320 g/mol. The molecule has 0 radical (unpaired) electrons. The van der Waals surface area contributed by atoms with Gasteiger partial charge in [-0.1, -0.05) is 0 Å². The Hall–Kier alpha value is -2.82. The number of aliphatic carboxylic acids is 2. The largest absolute Gasteiger partial charge is 0.481 e. The Bertz CT molecular complexity index is 507. The summed E-state index contributed by atoms with van der Waals surface area (Å²) in [5.74, 6) is -7.76. The number of hydrogen-bond donors (Lipinski definition) is 3. The number of carbonyl (C=O) groups excluding carboxylic acids is 4. The summed E-state index contributed by atoms with van der Waals surface area (Å²) >= 11 is 0. The zero-order valence-electron chi connectivity index (χ0n) is 11.7. The minimum Gasteiger partial charge on any atom is -0.481 e. The molecule has 0 saturated heterocycles. The number of aliphatic hydroxyl groups excluding tert-OH is 1. The Labute approximate surface area is 128 Å². The second kappa shape index (κ2) is 10.00. The van der Waals surface area contributed by atoms with Gasteiger partial charge < -0.3 is 24.8 Å². The first-order chi connectivity index (χ1) is 10.6. The smallest absolute Gasteiger partial charge is 0.343 e. The second-order valence-electron chi connectivity index (χ2n) is 4.15. The maximum Gasteiger partial charge on any atom is 0.343 e. The molecule has 1 atom stereocenters. The van der Waals surface area contributed by atoms with E-state index in [0.717, 1.165) is 0 Å². The maximum atomic E-state index is 11.2. The first-order valence-corrected chi connectivity index (χ1v) is 6.21. The van der Waals surface area contributed by atoms with E-state index in [9.17, 15) is 33.9 Å². The van der Waals surface area contributed by atoms with Gasteiger partial charge in [0.2, 0.25) is 0 Å².